The summed E-state index contributed by atoms with van der Waals surface area (Å²) < 4.78 is 0. The van der Waals surface area contributed by atoms with Gasteiger partial charge in [0.2, 0.25) is 0 Å². The monoisotopic (exact) mass is 295 g/mol. The molecule has 0 radical (unpaired) electrons. The van der Waals surface area contributed by atoms with Gasteiger partial charge in [-0.15, -0.1) is 0 Å². The molecule has 0 aromatic carbocycles. The highest BCUT2D eigenvalue weighted by Gasteiger charge is 2.27. The lowest BCUT2D eigenvalue weighted by Gasteiger charge is -2.22. The summed E-state index contributed by atoms with van der Waals surface area (Å²) in [5.41, 5.74) is 4.07. The zero-order chi connectivity index (χ0) is 15.9. The minimum Gasteiger partial charge on any atom is -0.294 e. The number of ketones is 1. The Bertz CT molecular complexity index is 610. The molecule has 0 saturated heterocycles. The zero-order valence-corrected chi connectivity index (χ0v) is 13.6. The smallest absolute Gasteiger partial charge is 0.167 e. The topological polar surface area (TPSA) is 30.0 Å². The lowest BCUT2D eigenvalue weighted by Crippen LogP contribution is -2.23. The predicted molar refractivity (Wildman–Crippen MR) is 92.1 cm³/mol. The van der Waals surface area contributed by atoms with Crippen LogP contribution in [0.4, 0.5) is 0 Å². The maximum Gasteiger partial charge on any atom is 0.167 e. The molecule has 0 bridgehead atoms. The number of nitrogens with zero attached hydrogens (tertiary/aromatic N) is 1. The fourth-order valence-corrected chi connectivity index (χ4v) is 3.00. The molecule has 116 valence electrons. The Morgan fingerprint density at radius 3 is 2.95 bits per heavy atom. The zero-order valence-electron chi connectivity index (χ0n) is 13.6. The third kappa shape index (κ3) is 3.82. The number of Topliss-reactive ketones (excluding diaryl/α,β-unsaturated/α-hetero) is 1. The van der Waals surface area contributed by atoms with Crippen LogP contribution < -0.4 is 0 Å². The van der Waals surface area contributed by atoms with E-state index in [0.29, 0.717) is 5.78 Å². The van der Waals surface area contributed by atoms with Gasteiger partial charge in [-0.2, -0.15) is 0 Å². The number of fused-ring (bicyclic) bond motifs is 1. The van der Waals surface area contributed by atoms with Crippen molar-refractivity contribution in [2.75, 3.05) is 0 Å². The number of carbonyl (C=O) groups excluding carboxylic acids is 1. The lowest BCUT2D eigenvalue weighted by atomic mass is 9.82. The first-order valence-electron chi connectivity index (χ1n) is 8.16. The first-order chi connectivity index (χ1) is 10.7. The molecule has 0 N–H and O–H groups in total. The molecule has 1 aliphatic carbocycles. The molecule has 0 saturated carbocycles. The fraction of sp³-hybridized carbons (Fsp3) is 0.400. The van der Waals surface area contributed by atoms with Crippen LogP contribution in [0.15, 0.2) is 48.6 Å². The van der Waals surface area contributed by atoms with Gasteiger partial charge in [0, 0.05) is 23.6 Å². The van der Waals surface area contributed by atoms with Crippen LogP contribution in [0.5, 0.6) is 0 Å². The van der Waals surface area contributed by atoms with Crippen molar-refractivity contribution in [3.63, 3.8) is 0 Å². The van der Waals surface area contributed by atoms with Crippen LogP contribution in [-0.2, 0) is 12.8 Å². The van der Waals surface area contributed by atoms with Gasteiger partial charge in [-0.05, 0) is 43.9 Å². The minimum atomic E-state index is 0.201. The quantitative estimate of drug-likeness (QED) is 0.702. The molecule has 0 aliphatic heterocycles. The molecule has 0 fully saturated rings. The maximum atomic E-state index is 12.5. The van der Waals surface area contributed by atoms with Gasteiger partial charge in [0.25, 0.3) is 0 Å². The van der Waals surface area contributed by atoms with Crippen LogP contribution in [0.2, 0.25) is 0 Å². The third-order valence-corrected chi connectivity index (χ3v) is 4.24. The van der Waals surface area contributed by atoms with Crippen molar-refractivity contribution in [1.82, 2.24) is 4.98 Å². The Morgan fingerprint density at radius 2 is 2.27 bits per heavy atom. The molecule has 1 aromatic heterocycles. The summed E-state index contributed by atoms with van der Waals surface area (Å²) in [6.45, 7) is 7.86. The highest BCUT2D eigenvalue weighted by Crippen LogP contribution is 2.28. The molecule has 0 amide bonds. The van der Waals surface area contributed by atoms with Gasteiger partial charge in [0.15, 0.2) is 5.78 Å². The van der Waals surface area contributed by atoms with Crippen LogP contribution in [0.25, 0.3) is 0 Å². The van der Waals surface area contributed by atoms with Gasteiger partial charge in [0.05, 0.1) is 5.69 Å². The second-order valence-corrected chi connectivity index (χ2v) is 5.82. The van der Waals surface area contributed by atoms with Crippen molar-refractivity contribution in [3.05, 3.63) is 65.5 Å². The van der Waals surface area contributed by atoms with Gasteiger partial charge in [-0.1, -0.05) is 44.2 Å². The Labute approximate surface area is 133 Å². The largest absolute Gasteiger partial charge is 0.294 e. The van der Waals surface area contributed by atoms with Crippen molar-refractivity contribution in [2.45, 2.75) is 46.0 Å². The van der Waals surface area contributed by atoms with Crippen LogP contribution >= 0.6 is 0 Å². The van der Waals surface area contributed by atoms with Crippen molar-refractivity contribution >= 4 is 5.78 Å². The average molecular weight is 295 g/mol. The van der Waals surface area contributed by atoms with E-state index in [1.807, 2.05) is 25.1 Å². The average Bonchev–Trinajstić information content (AvgIpc) is 2.54. The summed E-state index contributed by atoms with van der Waals surface area (Å²) in [6, 6.07) is 3.97. The molecule has 2 nitrogen and oxygen atoms in total. The number of aromatic nitrogens is 1. The van der Waals surface area contributed by atoms with E-state index >= 15 is 0 Å². The SMILES string of the molecule is C=C/C=C\C(=C/C)Cc1ccc2c(n1)CCC(CCC)C2=O. The summed E-state index contributed by atoms with van der Waals surface area (Å²) >= 11 is 0. The summed E-state index contributed by atoms with van der Waals surface area (Å²) in [6.07, 6.45) is 12.6. The van der Waals surface area contributed by atoms with Gasteiger partial charge in [-0.3, -0.25) is 9.78 Å². The van der Waals surface area contributed by atoms with Crippen molar-refractivity contribution in [3.8, 4) is 0 Å². The molecule has 1 heterocycles. The molecule has 1 unspecified atom stereocenters. The van der Waals surface area contributed by atoms with Crippen LogP contribution in [0, 0.1) is 5.92 Å². The first-order valence-corrected chi connectivity index (χ1v) is 8.16. The number of pyridine rings is 1. The second kappa shape index (κ2) is 7.88. The van der Waals surface area contributed by atoms with E-state index in [1.54, 1.807) is 6.08 Å². The highest BCUT2D eigenvalue weighted by molar-refractivity contribution is 5.99. The Balaban J connectivity index is 2.17. The number of rotatable bonds is 6. The summed E-state index contributed by atoms with van der Waals surface area (Å²) in [7, 11) is 0. The van der Waals surface area contributed by atoms with Gasteiger partial charge in [0.1, 0.15) is 0 Å². The van der Waals surface area contributed by atoms with Crippen LogP contribution in [-0.4, -0.2) is 10.8 Å². The lowest BCUT2D eigenvalue weighted by molar-refractivity contribution is 0.0893. The molecular weight excluding hydrogens is 270 g/mol. The van der Waals surface area contributed by atoms with E-state index in [9.17, 15) is 4.79 Å². The molecule has 1 atom stereocenters. The van der Waals surface area contributed by atoms with E-state index in [2.05, 4.69) is 25.7 Å². The van der Waals surface area contributed by atoms with Crippen LogP contribution in [0.3, 0.4) is 0 Å². The number of aryl methyl sites for hydroxylation is 1. The third-order valence-electron chi connectivity index (χ3n) is 4.24. The minimum absolute atomic E-state index is 0.201. The Hall–Kier alpha value is -1.96. The predicted octanol–water partition coefficient (Wildman–Crippen LogP) is 4.86. The Morgan fingerprint density at radius 1 is 1.45 bits per heavy atom. The molecule has 2 heteroatoms. The molecular formula is C20H25NO. The maximum absolute atomic E-state index is 12.5. The van der Waals surface area contributed by atoms with Crippen LogP contribution in [0.1, 0.15) is 54.9 Å². The van der Waals surface area contributed by atoms with E-state index in [-0.39, 0.29) is 5.92 Å². The first kappa shape index (κ1) is 16.4. The van der Waals surface area contributed by atoms with Gasteiger partial charge < -0.3 is 0 Å². The van der Waals surface area contributed by atoms with E-state index in [4.69, 9.17) is 4.98 Å². The van der Waals surface area contributed by atoms with Gasteiger partial charge in [-0.25, -0.2) is 0 Å². The molecule has 0 spiro atoms. The summed E-state index contributed by atoms with van der Waals surface area (Å²) in [5, 5.41) is 0. The molecule has 1 aliphatic rings. The molecule has 22 heavy (non-hydrogen) atoms. The Kier molecular flexibility index (Phi) is 5.88. The fourth-order valence-electron chi connectivity index (χ4n) is 3.00. The number of allylic oxidation sites excluding steroid dienone is 5. The molecule has 1 aromatic rings. The molecule has 2 rings (SSSR count). The summed E-state index contributed by atoms with van der Waals surface area (Å²) in [5.74, 6) is 0.492. The van der Waals surface area contributed by atoms with Crippen molar-refractivity contribution in [1.29, 1.82) is 0 Å². The van der Waals surface area contributed by atoms with Crippen molar-refractivity contribution in [2.24, 2.45) is 5.92 Å². The summed E-state index contributed by atoms with van der Waals surface area (Å²) in [4.78, 5) is 17.2. The van der Waals surface area contributed by atoms with E-state index in [1.165, 1.54) is 5.57 Å². The highest BCUT2D eigenvalue weighted by atomic mass is 16.1. The van der Waals surface area contributed by atoms with E-state index in [0.717, 1.165) is 49.1 Å². The number of hydrogen-bond acceptors (Lipinski definition) is 2. The van der Waals surface area contributed by atoms with E-state index < -0.39 is 0 Å². The number of carbonyl (C=O) groups is 1. The normalized spacial score (nSPS) is 18.5. The van der Waals surface area contributed by atoms with Crippen molar-refractivity contribution < 1.29 is 4.79 Å². The standard InChI is InChI=1S/C20H25NO/c1-4-7-9-15(6-3)14-17-11-12-18-19(21-17)13-10-16(8-5-2)20(18)22/h4,6-7,9,11-12,16H,1,5,8,10,13-14H2,2-3H3/b9-7-,15-6+. The number of hydrogen-bond donors (Lipinski definition) is 0. The van der Waals surface area contributed by atoms with Gasteiger partial charge >= 0.3 is 0 Å². The second-order valence-electron chi connectivity index (χ2n) is 5.82.